The zero-order valence-corrected chi connectivity index (χ0v) is 9.42. The van der Waals surface area contributed by atoms with Crippen LogP contribution in [0.25, 0.3) is 0 Å². The van der Waals surface area contributed by atoms with Crippen molar-refractivity contribution in [2.45, 2.75) is 18.9 Å². The molecule has 0 radical (unpaired) electrons. The van der Waals surface area contributed by atoms with Gasteiger partial charge in [0.05, 0.1) is 0 Å². The number of hydrogen-bond donors (Lipinski definition) is 0. The van der Waals surface area contributed by atoms with E-state index in [9.17, 15) is 0 Å². The molecule has 2 heterocycles. The highest BCUT2D eigenvalue weighted by molar-refractivity contribution is 6.18. The van der Waals surface area contributed by atoms with Crippen LogP contribution in [0.1, 0.15) is 12.8 Å². The van der Waals surface area contributed by atoms with Crippen molar-refractivity contribution in [2.24, 2.45) is 0 Å². The van der Waals surface area contributed by atoms with Gasteiger partial charge in [0.25, 0.3) is 0 Å². The Kier molecular flexibility index (Phi) is 3.85. The lowest BCUT2D eigenvalue weighted by Gasteiger charge is -2.36. The molecule has 0 aromatic heterocycles. The molecule has 2 aliphatic heterocycles. The summed E-state index contributed by atoms with van der Waals surface area (Å²) in [4.78, 5) is 5.18. The fourth-order valence-corrected chi connectivity index (χ4v) is 2.63. The van der Waals surface area contributed by atoms with E-state index in [1.54, 1.807) is 0 Å². The van der Waals surface area contributed by atoms with Gasteiger partial charge in [0.2, 0.25) is 0 Å². The summed E-state index contributed by atoms with van der Waals surface area (Å²) in [5.41, 5.74) is 0. The lowest BCUT2D eigenvalue weighted by Crippen LogP contribution is -2.49. The van der Waals surface area contributed by atoms with E-state index in [1.807, 2.05) is 6.08 Å². The first-order valence-corrected chi connectivity index (χ1v) is 6.11. The van der Waals surface area contributed by atoms with Crippen LogP contribution in [0.4, 0.5) is 0 Å². The van der Waals surface area contributed by atoms with Gasteiger partial charge in [0.15, 0.2) is 0 Å². The highest BCUT2D eigenvalue weighted by Crippen LogP contribution is 2.21. The monoisotopic (exact) mass is 214 g/mol. The average Bonchev–Trinajstić information content (AvgIpc) is 2.65. The molecular formula is C11H19ClN2. The molecule has 0 saturated carbocycles. The van der Waals surface area contributed by atoms with Crippen LogP contribution in [0.2, 0.25) is 0 Å². The molecule has 0 amide bonds. The molecule has 2 saturated heterocycles. The van der Waals surface area contributed by atoms with Crippen LogP contribution in [0.5, 0.6) is 0 Å². The van der Waals surface area contributed by atoms with Gasteiger partial charge in [-0.25, -0.2) is 0 Å². The average molecular weight is 215 g/mol. The summed E-state index contributed by atoms with van der Waals surface area (Å²) in [6, 6.07) is 0.841. The summed E-state index contributed by atoms with van der Waals surface area (Å²) in [5.74, 6) is 0.642. The van der Waals surface area contributed by atoms with Gasteiger partial charge in [-0.05, 0) is 19.4 Å². The van der Waals surface area contributed by atoms with E-state index in [4.69, 9.17) is 11.6 Å². The number of halogens is 1. The quantitative estimate of drug-likeness (QED) is 0.520. The lowest BCUT2D eigenvalue weighted by molar-refractivity contribution is 0.114. The SMILES string of the molecule is ClCC=CCN1CCN2CCCC2C1. The predicted molar refractivity (Wildman–Crippen MR) is 60.9 cm³/mol. The van der Waals surface area contributed by atoms with Crippen LogP contribution in [0.15, 0.2) is 12.2 Å². The number of hydrogen-bond acceptors (Lipinski definition) is 2. The highest BCUT2D eigenvalue weighted by atomic mass is 35.5. The van der Waals surface area contributed by atoms with Gasteiger partial charge >= 0.3 is 0 Å². The first-order valence-electron chi connectivity index (χ1n) is 5.57. The third-order valence-electron chi connectivity index (χ3n) is 3.29. The van der Waals surface area contributed by atoms with Crippen molar-refractivity contribution >= 4 is 11.6 Å². The van der Waals surface area contributed by atoms with Gasteiger partial charge in [-0.1, -0.05) is 12.2 Å². The Bertz CT molecular complexity index is 205. The second kappa shape index (κ2) is 5.15. The zero-order valence-electron chi connectivity index (χ0n) is 8.66. The number of alkyl halides is 1. The van der Waals surface area contributed by atoms with Crippen molar-refractivity contribution in [3.63, 3.8) is 0 Å². The summed E-state index contributed by atoms with van der Waals surface area (Å²) < 4.78 is 0. The number of allylic oxidation sites excluding steroid dienone is 1. The third kappa shape index (κ3) is 2.50. The maximum atomic E-state index is 5.59. The second-order valence-corrected chi connectivity index (χ2v) is 4.53. The number of piperazine rings is 1. The maximum Gasteiger partial charge on any atom is 0.0404 e. The fourth-order valence-electron chi connectivity index (χ4n) is 2.51. The maximum absolute atomic E-state index is 5.59. The summed E-state index contributed by atoms with van der Waals surface area (Å²) in [6.45, 7) is 6.15. The predicted octanol–water partition coefficient (Wildman–Crippen LogP) is 1.56. The topological polar surface area (TPSA) is 6.48 Å². The minimum absolute atomic E-state index is 0.642. The van der Waals surface area contributed by atoms with Crippen molar-refractivity contribution < 1.29 is 0 Å². The highest BCUT2D eigenvalue weighted by Gasteiger charge is 2.29. The Labute approximate surface area is 91.5 Å². The largest absolute Gasteiger partial charge is 0.298 e. The molecule has 1 unspecified atom stereocenters. The van der Waals surface area contributed by atoms with Gasteiger partial charge in [0, 0.05) is 38.1 Å². The van der Waals surface area contributed by atoms with Crippen LogP contribution in [0, 0.1) is 0 Å². The van der Waals surface area contributed by atoms with E-state index < -0.39 is 0 Å². The molecule has 1 atom stereocenters. The molecule has 3 heteroatoms. The normalized spacial score (nSPS) is 29.9. The fraction of sp³-hybridized carbons (Fsp3) is 0.818. The second-order valence-electron chi connectivity index (χ2n) is 4.22. The molecule has 0 aromatic carbocycles. The van der Waals surface area contributed by atoms with Gasteiger partial charge in [-0.3, -0.25) is 9.80 Å². The Morgan fingerprint density at radius 2 is 2.14 bits per heavy atom. The van der Waals surface area contributed by atoms with Crippen LogP contribution in [-0.2, 0) is 0 Å². The van der Waals surface area contributed by atoms with Gasteiger partial charge < -0.3 is 0 Å². The Morgan fingerprint density at radius 3 is 3.00 bits per heavy atom. The molecule has 2 nitrogen and oxygen atoms in total. The van der Waals surface area contributed by atoms with Crippen molar-refractivity contribution in [1.82, 2.24) is 9.80 Å². The summed E-state index contributed by atoms with van der Waals surface area (Å²) in [7, 11) is 0. The minimum atomic E-state index is 0.642. The van der Waals surface area contributed by atoms with E-state index in [2.05, 4.69) is 15.9 Å². The van der Waals surface area contributed by atoms with Gasteiger partial charge in [-0.15, -0.1) is 11.6 Å². The molecule has 2 fully saturated rings. The van der Waals surface area contributed by atoms with Crippen molar-refractivity contribution in [1.29, 1.82) is 0 Å². The number of fused-ring (bicyclic) bond motifs is 1. The Hall–Kier alpha value is -0.0500. The molecule has 14 heavy (non-hydrogen) atoms. The van der Waals surface area contributed by atoms with Crippen molar-refractivity contribution in [3.8, 4) is 0 Å². The van der Waals surface area contributed by atoms with Crippen LogP contribution in [0.3, 0.4) is 0 Å². The van der Waals surface area contributed by atoms with Crippen LogP contribution in [-0.4, -0.2) is 54.4 Å². The smallest absolute Gasteiger partial charge is 0.0404 e. The zero-order chi connectivity index (χ0) is 9.80. The van der Waals surface area contributed by atoms with E-state index in [-0.39, 0.29) is 0 Å². The molecule has 0 N–H and O–H groups in total. The molecule has 2 aliphatic rings. The first-order chi connectivity index (χ1) is 6.90. The van der Waals surface area contributed by atoms with Crippen LogP contribution >= 0.6 is 11.6 Å². The first kappa shape index (κ1) is 10.5. The molecular weight excluding hydrogens is 196 g/mol. The molecule has 0 spiro atoms. The van der Waals surface area contributed by atoms with Gasteiger partial charge in [-0.2, -0.15) is 0 Å². The third-order valence-corrected chi connectivity index (χ3v) is 3.47. The Balaban J connectivity index is 1.77. The standard InChI is InChI=1S/C11H19ClN2/c12-5-1-2-6-13-8-9-14-7-3-4-11(14)10-13/h1-2,11H,3-10H2. The summed E-state index contributed by atoms with van der Waals surface area (Å²) >= 11 is 5.59. The number of rotatable bonds is 3. The molecule has 80 valence electrons. The van der Waals surface area contributed by atoms with E-state index in [0.29, 0.717) is 5.88 Å². The molecule has 0 aromatic rings. The summed E-state index contributed by atoms with van der Waals surface area (Å²) in [6.07, 6.45) is 7.03. The van der Waals surface area contributed by atoms with Crippen LogP contribution < -0.4 is 0 Å². The molecule has 0 bridgehead atoms. The van der Waals surface area contributed by atoms with Crippen molar-refractivity contribution in [3.05, 3.63) is 12.2 Å². The van der Waals surface area contributed by atoms with E-state index >= 15 is 0 Å². The van der Waals surface area contributed by atoms with Crippen molar-refractivity contribution in [2.75, 3.05) is 38.6 Å². The van der Waals surface area contributed by atoms with E-state index in [0.717, 1.165) is 12.6 Å². The minimum Gasteiger partial charge on any atom is -0.298 e. The summed E-state index contributed by atoms with van der Waals surface area (Å²) in [5, 5.41) is 0. The Morgan fingerprint density at radius 1 is 1.21 bits per heavy atom. The van der Waals surface area contributed by atoms with E-state index in [1.165, 1.54) is 39.0 Å². The molecule has 2 rings (SSSR count). The molecule has 0 aliphatic carbocycles. The number of nitrogens with zero attached hydrogens (tertiary/aromatic N) is 2. The van der Waals surface area contributed by atoms with Gasteiger partial charge in [0.1, 0.15) is 0 Å². The lowest BCUT2D eigenvalue weighted by atomic mass is 10.1.